The summed E-state index contributed by atoms with van der Waals surface area (Å²) >= 11 is 0. The Morgan fingerprint density at radius 3 is 0.799 bits per heavy atom. The molecule has 4 atom stereocenters. The van der Waals surface area contributed by atoms with Crippen LogP contribution in [-0.2, 0) is 58.7 Å². The molecule has 25 heteroatoms. The standard InChI is InChI=1S/C29H28N2O5.C28H26N2O5.C27H26N2O3.C25H23N3O3/c1-17-6-8-19(9-7-17)25(32)23-24(18-10-13-21(14-11-18)29(2,3)4)31(27(34)26(23)33)22-15-12-20(16-30-22)28(35)36-5;1-16(2)18-9-11-19(12-10-18)24-23(25(31)20-7-5-17(3)6-8-20)26(32)27(33)30(24)22-14-13-21(15-29-22)28(34)35-4;1-17-8-10-19(11-9-17)24(30)22-23(18-12-14-20(15-13-18)27(2,3)4)29(26(32)25(22)31)21-7-5-6-16-28-21;1-15(2)17-8-10-18(11-9-17)22-21(23(29)19-6-4-16(3)5-7-19)24(30)25(31)28(22)20-14-26-12-13-27-20/h6-16,24,32H,1-5H3;5-16,24,31H,1-4H3;5-16,23,30H,1-4H3;4-15,22,29H,1-3H3. The maximum Gasteiger partial charge on any atom is 0.339 e. The number of ketones is 4. The van der Waals surface area contributed by atoms with Crippen LogP contribution in [0.3, 0.4) is 0 Å². The zero-order chi connectivity index (χ0) is 96.6. The van der Waals surface area contributed by atoms with Gasteiger partial charge in [-0.25, -0.2) is 29.5 Å². The zero-order valence-electron chi connectivity index (χ0n) is 77.2. The first-order chi connectivity index (χ1) is 63.8. The third-order valence-electron chi connectivity index (χ3n) is 23.6. The Balaban J connectivity index is 0.000000152. The highest BCUT2D eigenvalue weighted by atomic mass is 16.5. The molecule has 4 aliphatic heterocycles. The van der Waals surface area contributed by atoms with Gasteiger partial charge in [0.2, 0.25) is 0 Å². The van der Waals surface area contributed by atoms with Gasteiger partial charge in [-0.3, -0.25) is 62.9 Å². The number of Topliss-reactive ketones (excluding diaryl/α,β-unsaturated/α-hetero) is 4. The molecule has 4 saturated heterocycles. The molecule has 0 bridgehead atoms. The highest BCUT2D eigenvalue weighted by Crippen LogP contribution is 2.48. The molecule has 4 N–H and O–H groups in total. The van der Waals surface area contributed by atoms with Crippen LogP contribution in [0.4, 0.5) is 23.3 Å². The highest BCUT2D eigenvalue weighted by molar-refractivity contribution is 6.54. The SMILES string of the molecule is COC(=O)c1ccc(N2C(=O)C(=O)C(=C(O)c3ccc(C)cc3)C2c2ccc(C(C)(C)C)cc2)nc1.COC(=O)c1ccc(N2C(=O)C(=O)C(=C(O)c3ccc(C)cc3)C2c2ccc(C(C)C)cc2)nc1.Cc1ccc(C(O)=C2C(=O)C(=O)N(c3ccccn3)C2c2ccc(C(C)(C)C)cc2)cc1.Cc1ccc(C(O)=C2C(=O)C(=O)N(c3cnccn3)C2c2ccc(C(C)C)cc2)cc1. The number of aryl methyl sites for hydroxylation is 4. The number of pyridine rings is 3. The summed E-state index contributed by atoms with van der Waals surface area (Å²) in [5, 5.41) is 44.6. The second-order valence-electron chi connectivity index (χ2n) is 35.6. The van der Waals surface area contributed by atoms with E-state index in [4.69, 9.17) is 9.47 Å². The molecular weight excluding hydrogens is 1690 g/mol. The molecule has 25 nitrogen and oxygen atoms in total. The largest absolute Gasteiger partial charge is 0.507 e. The van der Waals surface area contributed by atoms with Gasteiger partial charge in [0.15, 0.2) is 5.82 Å². The summed E-state index contributed by atoms with van der Waals surface area (Å²) in [6.45, 7) is 28.7. The molecule has 0 aliphatic carbocycles. The van der Waals surface area contributed by atoms with Crippen molar-refractivity contribution < 1.29 is 77.8 Å². The van der Waals surface area contributed by atoms with E-state index in [2.05, 4.69) is 94.2 Å². The fourth-order valence-corrected chi connectivity index (χ4v) is 15.9. The summed E-state index contributed by atoms with van der Waals surface area (Å²) in [5.74, 6) is -6.57. The summed E-state index contributed by atoms with van der Waals surface area (Å²) in [5.41, 5.74) is 13.5. The summed E-state index contributed by atoms with van der Waals surface area (Å²) in [4.78, 5) is 155. The number of hydrogen-bond donors (Lipinski definition) is 4. The molecule has 4 aliphatic rings. The summed E-state index contributed by atoms with van der Waals surface area (Å²) < 4.78 is 9.43. The van der Waals surface area contributed by atoms with Gasteiger partial charge in [0.05, 0.1) is 78.0 Å². The number of benzene rings is 8. The number of esters is 2. The zero-order valence-corrected chi connectivity index (χ0v) is 77.2. The number of methoxy groups -OCH3 is 2. The van der Waals surface area contributed by atoms with Crippen LogP contribution < -0.4 is 19.6 Å². The van der Waals surface area contributed by atoms with Gasteiger partial charge in [0.1, 0.15) is 40.5 Å². The van der Waals surface area contributed by atoms with Crippen molar-refractivity contribution in [2.24, 2.45) is 0 Å². The average Bonchev–Trinajstić information content (AvgIpc) is 1.57. The summed E-state index contributed by atoms with van der Waals surface area (Å²) in [6.07, 6.45) is 8.56. The van der Waals surface area contributed by atoms with Crippen molar-refractivity contribution in [2.75, 3.05) is 33.8 Å². The van der Waals surface area contributed by atoms with Gasteiger partial charge in [0.25, 0.3) is 23.1 Å². The number of aromatic nitrogens is 5. The van der Waals surface area contributed by atoms with Crippen LogP contribution in [0.2, 0.25) is 0 Å². The minimum atomic E-state index is -0.906. The maximum absolute atomic E-state index is 13.3. The molecule has 0 saturated carbocycles. The normalized spacial score (nSPS) is 17.7. The second kappa shape index (κ2) is 40.1. The number of aliphatic hydroxyl groups is 4. The van der Waals surface area contributed by atoms with Crippen LogP contribution in [0.25, 0.3) is 23.0 Å². The Morgan fingerprint density at radius 1 is 0.306 bits per heavy atom. The number of anilines is 4. The number of amides is 4. The minimum absolute atomic E-state index is 0.0185. The first-order valence-corrected chi connectivity index (χ1v) is 43.5. The van der Waals surface area contributed by atoms with Crippen molar-refractivity contribution >= 4 is 105 Å². The molecule has 8 heterocycles. The third kappa shape index (κ3) is 20.1. The van der Waals surface area contributed by atoms with E-state index in [1.54, 1.807) is 72.9 Å². The van der Waals surface area contributed by atoms with Crippen molar-refractivity contribution in [3.05, 3.63) is 396 Å². The van der Waals surface area contributed by atoms with E-state index >= 15 is 0 Å². The Hall–Kier alpha value is -16.1. The Morgan fingerprint density at radius 2 is 0.567 bits per heavy atom. The van der Waals surface area contributed by atoms with Crippen LogP contribution in [-0.4, -0.2) is 118 Å². The van der Waals surface area contributed by atoms with Gasteiger partial charge in [-0.15, -0.1) is 0 Å². The second-order valence-corrected chi connectivity index (χ2v) is 35.6. The lowest BCUT2D eigenvalue weighted by molar-refractivity contribution is -0.132. The summed E-state index contributed by atoms with van der Waals surface area (Å²) in [7, 11) is 2.53. The van der Waals surface area contributed by atoms with E-state index in [1.165, 1.54) is 89.1 Å². The number of ether oxygens (including phenoxy) is 2. The van der Waals surface area contributed by atoms with Crippen LogP contribution in [0, 0.1) is 27.7 Å². The number of rotatable bonds is 16. The van der Waals surface area contributed by atoms with E-state index in [1.807, 2.05) is 173 Å². The Bertz CT molecular complexity index is 6610. The molecule has 4 unspecified atom stereocenters. The molecule has 0 spiro atoms. The monoisotopic (exact) mass is 1790 g/mol. The maximum atomic E-state index is 13.3. The quantitative estimate of drug-likeness (QED) is 0.0302. The molecule has 4 amide bonds. The van der Waals surface area contributed by atoms with Crippen molar-refractivity contribution in [1.82, 2.24) is 24.9 Å². The molecule has 12 aromatic rings. The number of hydrogen-bond acceptors (Lipinski definition) is 21. The third-order valence-corrected chi connectivity index (χ3v) is 23.6. The van der Waals surface area contributed by atoms with Gasteiger partial charge >= 0.3 is 35.6 Å². The lowest BCUT2D eigenvalue weighted by atomic mass is 9.85. The van der Waals surface area contributed by atoms with Gasteiger partial charge in [-0.1, -0.05) is 292 Å². The number of carbonyl (C=O) groups excluding carboxylic acids is 10. The molecule has 680 valence electrons. The van der Waals surface area contributed by atoms with E-state index in [9.17, 15) is 68.4 Å². The molecule has 134 heavy (non-hydrogen) atoms. The molecule has 4 fully saturated rings. The highest BCUT2D eigenvalue weighted by Gasteiger charge is 2.52. The van der Waals surface area contributed by atoms with E-state index in [0.717, 1.165) is 50.1 Å². The van der Waals surface area contributed by atoms with Gasteiger partial charge < -0.3 is 29.9 Å². The van der Waals surface area contributed by atoms with Gasteiger partial charge in [-0.05, 0) is 131 Å². The van der Waals surface area contributed by atoms with E-state index in [-0.39, 0.29) is 84.7 Å². The molecule has 16 rings (SSSR count). The van der Waals surface area contributed by atoms with Crippen LogP contribution in [0.1, 0.15) is 215 Å². The van der Waals surface area contributed by atoms with Crippen LogP contribution in [0.5, 0.6) is 0 Å². The molecular formula is C109H103N9O16. The average molecular weight is 1800 g/mol. The predicted octanol–water partition coefficient (Wildman–Crippen LogP) is 19.9. The Labute approximate surface area is 777 Å². The van der Waals surface area contributed by atoms with Crippen molar-refractivity contribution in [3.63, 3.8) is 0 Å². The van der Waals surface area contributed by atoms with Crippen LogP contribution in [0.15, 0.2) is 296 Å². The smallest absolute Gasteiger partial charge is 0.339 e. The minimum Gasteiger partial charge on any atom is -0.507 e. The number of aliphatic hydroxyl groups excluding tert-OH is 4. The summed E-state index contributed by atoms with van der Waals surface area (Å²) in [6, 6.07) is 67.0. The van der Waals surface area contributed by atoms with E-state index < -0.39 is 82.9 Å². The van der Waals surface area contributed by atoms with Crippen molar-refractivity contribution in [2.45, 2.75) is 144 Å². The number of carbonyl (C=O) groups is 10. The first kappa shape index (κ1) is 95.5. The predicted molar refractivity (Wildman–Crippen MR) is 513 cm³/mol. The lowest BCUT2D eigenvalue weighted by Gasteiger charge is -2.26. The fourth-order valence-electron chi connectivity index (χ4n) is 15.9. The molecule has 0 radical (unpaired) electrons. The van der Waals surface area contributed by atoms with Crippen molar-refractivity contribution in [3.8, 4) is 0 Å². The topological polar surface area (TPSA) is 347 Å². The van der Waals surface area contributed by atoms with Crippen LogP contribution >= 0.6 is 0 Å². The lowest BCUT2D eigenvalue weighted by Crippen LogP contribution is -2.30. The molecule has 4 aromatic heterocycles. The van der Waals surface area contributed by atoms with E-state index in [0.29, 0.717) is 56.6 Å². The fraction of sp³-hybridized carbons (Fsp3) is 0.220. The first-order valence-electron chi connectivity index (χ1n) is 43.5. The number of nitrogens with zero attached hydrogens (tertiary/aromatic N) is 9. The van der Waals surface area contributed by atoms with Gasteiger partial charge in [-0.2, -0.15) is 0 Å². The van der Waals surface area contributed by atoms with Crippen molar-refractivity contribution in [1.29, 1.82) is 0 Å². The van der Waals surface area contributed by atoms with Gasteiger partial charge in [0, 0.05) is 53.2 Å². The Kier molecular flexibility index (Phi) is 28.6. The molecule has 8 aromatic carbocycles.